The SMILES string of the molecule is CBC(CCCC)CCCC. The van der Waals surface area contributed by atoms with Crippen molar-refractivity contribution >= 4 is 7.28 Å². The number of unbranched alkanes of at least 4 members (excludes halogenated alkanes) is 2. The Bertz CT molecular complexity index is 63.3. The van der Waals surface area contributed by atoms with Crippen molar-refractivity contribution in [3.63, 3.8) is 0 Å². The molecule has 0 amide bonds. The summed E-state index contributed by atoms with van der Waals surface area (Å²) < 4.78 is 0. The standard InChI is InChI=1S/C10H23B/c1-4-6-8-10(11-3)9-7-5-2/h10-11H,4-9H2,1-3H3. The minimum atomic E-state index is 1.02. The van der Waals surface area contributed by atoms with E-state index in [1.54, 1.807) is 0 Å². The highest BCUT2D eigenvalue weighted by Gasteiger charge is 2.04. The van der Waals surface area contributed by atoms with Crippen molar-refractivity contribution in [2.45, 2.75) is 65.0 Å². The van der Waals surface area contributed by atoms with Crippen LogP contribution >= 0.6 is 0 Å². The van der Waals surface area contributed by atoms with Crippen LogP contribution in [0.3, 0.4) is 0 Å². The van der Waals surface area contributed by atoms with E-state index in [0.29, 0.717) is 0 Å². The summed E-state index contributed by atoms with van der Waals surface area (Å²) in [7, 11) is 1.39. The van der Waals surface area contributed by atoms with Crippen LogP contribution in [0.15, 0.2) is 0 Å². The van der Waals surface area contributed by atoms with Gasteiger partial charge in [0.25, 0.3) is 0 Å². The quantitative estimate of drug-likeness (QED) is 0.491. The van der Waals surface area contributed by atoms with Gasteiger partial charge in [0.2, 0.25) is 0 Å². The summed E-state index contributed by atoms with van der Waals surface area (Å²) in [4.78, 5) is 0. The van der Waals surface area contributed by atoms with Crippen molar-refractivity contribution < 1.29 is 0 Å². The van der Waals surface area contributed by atoms with Gasteiger partial charge in [0.05, 0.1) is 0 Å². The molecule has 0 spiro atoms. The summed E-state index contributed by atoms with van der Waals surface area (Å²) in [6.45, 7) is 6.90. The molecule has 0 aliphatic rings. The summed E-state index contributed by atoms with van der Waals surface area (Å²) in [6.07, 6.45) is 8.52. The third kappa shape index (κ3) is 6.46. The molecule has 0 saturated heterocycles. The molecular formula is C10H23B. The second-order valence-electron chi connectivity index (χ2n) is 3.56. The van der Waals surface area contributed by atoms with Crippen molar-refractivity contribution in [3.8, 4) is 0 Å². The van der Waals surface area contributed by atoms with E-state index in [4.69, 9.17) is 0 Å². The molecule has 0 aromatic heterocycles. The molecule has 1 heteroatoms. The number of rotatable bonds is 7. The molecular weight excluding hydrogens is 131 g/mol. The van der Waals surface area contributed by atoms with Crippen LogP contribution in [0, 0.1) is 0 Å². The first kappa shape index (κ1) is 11.1. The lowest BCUT2D eigenvalue weighted by Gasteiger charge is -2.11. The predicted octanol–water partition coefficient (Wildman–Crippen LogP) is 3.64. The maximum absolute atomic E-state index is 2.33. The Morgan fingerprint density at radius 3 is 1.73 bits per heavy atom. The van der Waals surface area contributed by atoms with Gasteiger partial charge in [0.15, 0.2) is 0 Å². The van der Waals surface area contributed by atoms with Crippen molar-refractivity contribution in [2.24, 2.45) is 0 Å². The fourth-order valence-electron chi connectivity index (χ4n) is 1.54. The van der Waals surface area contributed by atoms with E-state index in [9.17, 15) is 0 Å². The predicted molar refractivity (Wildman–Crippen MR) is 55.8 cm³/mol. The molecule has 0 aromatic rings. The second kappa shape index (κ2) is 8.16. The molecule has 0 rings (SSSR count). The van der Waals surface area contributed by atoms with E-state index >= 15 is 0 Å². The van der Waals surface area contributed by atoms with Gasteiger partial charge in [-0.2, -0.15) is 0 Å². The van der Waals surface area contributed by atoms with Crippen LogP contribution in [0.5, 0.6) is 0 Å². The zero-order valence-electron chi connectivity index (χ0n) is 8.53. The van der Waals surface area contributed by atoms with Gasteiger partial charge in [-0.1, -0.05) is 65.0 Å². The van der Waals surface area contributed by atoms with Crippen molar-refractivity contribution in [1.82, 2.24) is 0 Å². The van der Waals surface area contributed by atoms with Crippen molar-refractivity contribution in [1.29, 1.82) is 0 Å². The highest BCUT2D eigenvalue weighted by molar-refractivity contribution is 6.35. The normalized spacial score (nSPS) is 10.5. The van der Waals surface area contributed by atoms with E-state index in [1.165, 1.54) is 45.8 Å². The smallest absolute Gasteiger partial charge is 0.0891 e. The highest BCUT2D eigenvalue weighted by Crippen LogP contribution is 2.20. The molecule has 0 heterocycles. The molecule has 11 heavy (non-hydrogen) atoms. The van der Waals surface area contributed by atoms with E-state index < -0.39 is 0 Å². The summed E-state index contributed by atoms with van der Waals surface area (Å²) in [5.41, 5.74) is 0. The molecule has 0 atom stereocenters. The van der Waals surface area contributed by atoms with Crippen molar-refractivity contribution in [2.75, 3.05) is 0 Å². The van der Waals surface area contributed by atoms with Crippen molar-refractivity contribution in [3.05, 3.63) is 0 Å². The van der Waals surface area contributed by atoms with Gasteiger partial charge in [0.1, 0.15) is 7.28 Å². The first-order chi connectivity index (χ1) is 5.35. The van der Waals surface area contributed by atoms with Gasteiger partial charge < -0.3 is 0 Å². The number of hydrogen-bond donors (Lipinski definition) is 0. The molecule has 0 aromatic carbocycles. The largest absolute Gasteiger partial charge is 0.120 e. The summed E-state index contributed by atoms with van der Waals surface area (Å²) in [5, 5.41) is 0. The van der Waals surface area contributed by atoms with E-state index in [0.717, 1.165) is 5.82 Å². The van der Waals surface area contributed by atoms with Gasteiger partial charge in [-0.3, -0.25) is 0 Å². The Kier molecular flexibility index (Phi) is 8.21. The van der Waals surface area contributed by atoms with Crippen LogP contribution < -0.4 is 0 Å². The first-order valence-corrected chi connectivity index (χ1v) is 5.35. The van der Waals surface area contributed by atoms with Gasteiger partial charge in [-0.15, -0.1) is 0 Å². The molecule has 0 N–H and O–H groups in total. The zero-order chi connectivity index (χ0) is 8.53. The molecule has 0 unspecified atom stereocenters. The fourth-order valence-corrected chi connectivity index (χ4v) is 1.54. The Balaban J connectivity index is 3.25. The average Bonchev–Trinajstić information content (AvgIpc) is 2.05. The topological polar surface area (TPSA) is 0 Å². The minimum absolute atomic E-state index is 1.02. The second-order valence-corrected chi connectivity index (χ2v) is 3.56. The molecule has 0 aliphatic carbocycles. The molecule has 0 bridgehead atoms. The van der Waals surface area contributed by atoms with E-state index in [2.05, 4.69) is 20.7 Å². The van der Waals surface area contributed by atoms with Gasteiger partial charge in [-0.25, -0.2) is 0 Å². The lowest BCUT2D eigenvalue weighted by Crippen LogP contribution is -1.99. The maximum Gasteiger partial charge on any atom is 0.120 e. The summed E-state index contributed by atoms with van der Waals surface area (Å²) in [5.74, 6) is 1.02. The monoisotopic (exact) mass is 154 g/mol. The lowest BCUT2D eigenvalue weighted by atomic mass is 9.63. The summed E-state index contributed by atoms with van der Waals surface area (Å²) in [6, 6.07) is 0. The minimum Gasteiger partial charge on any atom is -0.0891 e. The Morgan fingerprint density at radius 1 is 1.00 bits per heavy atom. The Labute approximate surface area is 73.0 Å². The molecule has 0 nitrogen and oxygen atoms in total. The molecule has 0 aliphatic heterocycles. The third-order valence-electron chi connectivity index (χ3n) is 2.51. The van der Waals surface area contributed by atoms with Crippen LogP contribution in [-0.2, 0) is 0 Å². The van der Waals surface area contributed by atoms with E-state index in [1.807, 2.05) is 0 Å². The maximum atomic E-state index is 2.33. The zero-order valence-corrected chi connectivity index (χ0v) is 8.53. The average molecular weight is 154 g/mol. The lowest BCUT2D eigenvalue weighted by molar-refractivity contribution is 0.597. The molecule has 66 valence electrons. The van der Waals surface area contributed by atoms with Crippen LogP contribution in [0.25, 0.3) is 0 Å². The Hall–Kier alpha value is 0.0649. The third-order valence-corrected chi connectivity index (χ3v) is 2.51. The first-order valence-electron chi connectivity index (χ1n) is 5.35. The molecule has 0 fully saturated rings. The fraction of sp³-hybridized carbons (Fsp3) is 1.00. The van der Waals surface area contributed by atoms with Crippen LogP contribution in [0.4, 0.5) is 0 Å². The van der Waals surface area contributed by atoms with Crippen LogP contribution in [-0.4, -0.2) is 7.28 Å². The van der Waals surface area contributed by atoms with Gasteiger partial charge in [-0.05, 0) is 0 Å². The molecule has 0 radical (unpaired) electrons. The summed E-state index contributed by atoms with van der Waals surface area (Å²) >= 11 is 0. The molecule has 0 saturated carbocycles. The highest BCUT2D eigenvalue weighted by atomic mass is 14.0. The van der Waals surface area contributed by atoms with Crippen LogP contribution in [0.1, 0.15) is 52.4 Å². The number of hydrogen-bond acceptors (Lipinski definition) is 0. The van der Waals surface area contributed by atoms with E-state index in [-0.39, 0.29) is 0 Å². The van der Waals surface area contributed by atoms with Gasteiger partial charge >= 0.3 is 0 Å². The van der Waals surface area contributed by atoms with Crippen LogP contribution in [0.2, 0.25) is 12.6 Å². The van der Waals surface area contributed by atoms with Gasteiger partial charge in [0, 0.05) is 0 Å². The Morgan fingerprint density at radius 2 is 1.45 bits per heavy atom.